The van der Waals surface area contributed by atoms with Crippen molar-refractivity contribution < 1.29 is 13.2 Å². The number of hydrogen-bond acceptors (Lipinski definition) is 7. The Hall–Kier alpha value is -3.66. The number of nitrogens with one attached hydrogen (secondary N) is 2. The van der Waals surface area contributed by atoms with E-state index in [0.29, 0.717) is 17.1 Å². The van der Waals surface area contributed by atoms with Gasteiger partial charge in [0.15, 0.2) is 5.82 Å². The highest BCUT2D eigenvalue weighted by atomic mass is 35.5. The van der Waals surface area contributed by atoms with Crippen LogP contribution in [0.15, 0.2) is 77.8 Å². The zero-order valence-electron chi connectivity index (χ0n) is 20.3. The second-order valence-electron chi connectivity index (χ2n) is 8.16. The first-order valence-corrected chi connectivity index (χ1v) is 12.8. The van der Waals surface area contributed by atoms with E-state index in [-0.39, 0.29) is 21.7 Å². The van der Waals surface area contributed by atoms with Crippen LogP contribution in [0.3, 0.4) is 0 Å². The predicted molar refractivity (Wildman–Crippen MR) is 144 cm³/mol. The Morgan fingerprint density at radius 1 is 0.944 bits per heavy atom. The van der Waals surface area contributed by atoms with Gasteiger partial charge in [-0.1, -0.05) is 54.1 Å². The summed E-state index contributed by atoms with van der Waals surface area (Å²) in [7, 11) is 0.865. The number of aromatic nitrogens is 2. The molecule has 4 aromatic rings. The third-order valence-corrected chi connectivity index (χ3v) is 7.67. The number of sulfonamides is 1. The molecule has 1 aromatic heterocycles. The summed E-state index contributed by atoms with van der Waals surface area (Å²) in [5, 5.41) is 6.46. The maximum Gasteiger partial charge on any atom is 0.244 e. The fourth-order valence-corrected chi connectivity index (χ4v) is 4.82. The molecule has 0 amide bonds. The molecule has 2 N–H and O–H groups in total. The number of benzene rings is 3. The SMILES string of the molecule is COc1cc(-c2ccccc2)c(C)cc1Nc1ncc(Cl)c(Nc2ccccc2S(=O)(=O)N(C)C)n1. The Balaban J connectivity index is 1.67. The van der Waals surface area contributed by atoms with Gasteiger partial charge < -0.3 is 15.4 Å². The van der Waals surface area contributed by atoms with E-state index in [1.807, 2.05) is 49.4 Å². The molecule has 0 aliphatic rings. The van der Waals surface area contributed by atoms with E-state index < -0.39 is 10.0 Å². The standard InChI is InChI=1S/C26H26ClN5O3S/c1-17-14-22(23(35-4)15-19(17)18-10-6-5-7-11-18)30-26-28-16-20(27)25(31-26)29-21-12-8-9-13-24(21)36(33,34)32(2)3/h5-16H,1-4H3,(H2,28,29,30,31). The van der Waals surface area contributed by atoms with Gasteiger partial charge >= 0.3 is 0 Å². The minimum Gasteiger partial charge on any atom is -0.495 e. The maximum absolute atomic E-state index is 12.8. The van der Waals surface area contributed by atoms with Crippen molar-refractivity contribution in [1.82, 2.24) is 14.3 Å². The van der Waals surface area contributed by atoms with Gasteiger partial charge in [-0.25, -0.2) is 17.7 Å². The van der Waals surface area contributed by atoms with Crippen LogP contribution < -0.4 is 15.4 Å². The molecule has 0 fully saturated rings. The van der Waals surface area contributed by atoms with Gasteiger partial charge in [0.05, 0.1) is 24.7 Å². The van der Waals surface area contributed by atoms with Gasteiger partial charge in [-0.2, -0.15) is 4.98 Å². The van der Waals surface area contributed by atoms with Crippen LogP contribution in [0.4, 0.5) is 23.1 Å². The lowest BCUT2D eigenvalue weighted by molar-refractivity contribution is 0.417. The summed E-state index contributed by atoms with van der Waals surface area (Å²) in [6.07, 6.45) is 1.44. The first-order chi connectivity index (χ1) is 17.2. The molecule has 10 heteroatoms. The van der Waals surface area contributed by atoms with E-state index >= 15 is 0 Å². The quantitative estimate of drug-likeness (QED) is 0.299. The lowest BCUT2D eigenvalue weighted by Crippen LogP contribution is -2.23. The van der Waals surface area contributed by atoms with E-state index in [4.69, 9.17) is 16.3 Å². The first kappa shape index (κ1) is 25.4. The van der Waals surface area contributed by atoms with Gasteiger partial charge in [-0.05, 0) is 47.9 Å². The maximum atomic E-state index is 12.8. The van der Waals surface area contributed by atoms with Gasteiger partial charge in [0.25, 0.3) is 0 Å². The van der Waals surface area contributed by atoms with Crippen molar-refractivity contribution in [3.8, 4) is 16.9 Å². The van der Waals surface area contributed by atoms with Crippen molar-refractivity contribution >= 4 is 44.8 Å². The minimum absolute atomic E-state index is 0.105. The van der Waals surface area contributed by atoms with Gasteiger partial charge in [0, 0.05) is 14.1 Å². The molecule has 0 bridgehead atoms. The normalized spacial score (nSPS) is 11.4. The number of anilines is 4. The van der Waals surface area contributed by atoms with Crippen molar-refractivity contribution in [2.24, 2.45) is 0 Å². The van der Waals surface area contributed by atoms with Crippen LogP contribution >= 0.6 is 11.6 Å². The topological polar surface area (TPSA) is 96.4 Å². The molecule has 1 heterocycles. The van der Waals surface area contributed by atoms with E-state index in [1.54, 1.807) is 25.3 Å². The fraction of sp³-hybridized carbons (Fsp3) is 0.154. The van der Waals surface area contributed by atoms with Crippen LogP contribution in [0, 0.1) is 6.92 Å². The molecular formula is C26H26ClN5O3S. The zero-order chi connectivity index (χ0) is 25.9. The average molecular weight is 524 g/mol. The molecule has 36 heavy (non-hydrogen) atoms. The van der Waals surface area contributed by atoms with Gasteiger partial charge in [-0.3, -0.25) is 0 Å². The Kier molecular flexibility index (Phi) is 7.44. The highest BCUT2D eigenvalue weighted by molar-refractivity contribution is 7.89. The number of rotatable bonds is 8. The molecule has 0 atom stereocenters. The van der Waals surface area contributed by atoms with Gasteiger partial charge in [0.2, 0.25) is 16.0 Å². The summed E-state index contributed by atoms with van der Waals surface area (Å²) in [4.78, 5) is 8.88. The van der Waals surface area contributed by atoms with Crippen molar-refractivity contribution in [2.45, 2.75) is 11.8 Å². The third-order valence-electron chi connectivity index (χ3n) is 5.52. The summed E-state index contributed by atoms with van der Waals surface area (Å²) >= 11 is 6.35. The Labute approximate surface area is 216 Å². The number of aryl methyl sites for hydroxylation is 1. The molecule has 0 spiro atoms. The van der Waals surface area contributed by atoms with Crippen LogP contribution in [-0.2, 0) is 10.0 Å². The highest BCUT2D eigenvalue weighted by Gasteiger charge is 2.22. The summed E-state index contributed by atoms with van der Waals surface area (Å²) in [6.45, 7) is 2.02. The largest absolute Gasteiger partial charge is 0.495 e. The second kappa shape index (κ2) is 10.5. The Morgan fingerprint density at radius 2 is 1.64 bits per heavy atom. The number of halogens is 1. The van der Waals surface area contributed by atoms with Gasteiger partial charge in [0.1, 0.15) is 15.7 Å². The Bertz CT molecular complexity index is 1500. The molecule has 0 saturated carbocycles. The first-order valence-electron chi connectivity index (χ1n) is 11.0. The second-order valence-corrected chi connectivity index (χ2v) is 10.7. The lowest BCUT2D eigenvalue weighted by Gasteiger charge is -2.17. The predicted octanol–water partition coefficient (Wildman–Crippen LogP) is 5.85. The van der Waals surface area contributed by atoms with E-state index in [0.717, 1.165) is 21.0 Å². The Morgan fingerprint density at radius 3 is 2.33 bits per heavy atom. The van der Waals surface area contributed by atoms with E-state index in [1.165, 1.54) is 26.4 Å². The molecule has 0 saturated heterocycles. The molecule has 0 radical (unpaired) electrons. The molecule has 8 nitrogen and oxygen atoms in total. The van der Waals surface area contributed by atoms with Crippen LogP contribution in [0.2, 0.25) is 5.02 Å². The fourth-order valence-electron chi connectivity index (χ4n) is 3.64. The monoisotopic (exact) mass is 523 g/mol. The summed E-state index contributed by atoms with van der Waals surface area (Å²) in [5.74, 6) is 1.14. The highest BCUT2D eigenvalue weighted by Crippen LogP contribution is 2.36. The molecule has 0 unspecified atom stereocenters. The van der Waals surface area contributed by atoms with Crippen molar-refractivity contribution in [3.63, 3.8) is 0 Å². The molecule has 186 valence electrons. The molecular weight excluding hydrogens is 498 g/mol. The molecule has 0 aliphatic heterocycles. The lowest BCUT2D eigenvalue weighted by atomic mass is 9.99. The van der Waals surface area contributed by atoms with Crippen LogP contribution in [0.5, 0.6) is 5.75 Å². The number of nitrogens with zero attached hydrogens (tertiary/aromatic N) is 3. The minimum atomic E-state index is -3.69. The number of methoxy groups -OCH3 is 1. The smallest absolute Gasteiger partial charge is 0.244 e. The van der Waals surface area contributed by atoms with E-state index in [2.05, 4.69) is 20.6 Å². The third kappa shape index (κ3) is 5.28. The van der Waals surface area contributed by atoms with Crippen molar-refractivity contribution in [3.05, 3.63) is 83.5 Å². The number of ether oxygens (including phenoxy) is 1. The van der Waals surface area contributed by atoms with Crippen LogP contribution in [0.1, 0.15) is 5.56 Å². The van der Waals surface area contributed by atoms with E-state index in [9.17, 15) is 8.42 Å². The average Bonchev–Trinajstić information content (AvgIpc) is 2.87. The van der Waals surface area contributed by atoms with Crippen molar-refractivity contribution in [1.29, 1.82) is 0 Å². The zero-order valence-corrected chi connectivity index (χ0v) is 21.9. The number of para-hydroxylation sites is 1. The van der Waals surface area contributed by atoms with Crippen LogP contribution in [-0.4, -0.2) is 43.9 Å². The molecule has 3 aromatic carbocycles. The van der Waals surface area contributed by atoms with Crippen LogP contribution in [0.25, 0.3) is 11.1 Å². The summed E-state index contributed by atoms with van der Waals surface area (Å²) in [5.41, 5.74) is 4.20. The summed E-state index contributed by atoms with van der Waals surface area (Å²) in [6, 6.07) is 20.5. The summed E-state index contributed by atoms with van der Waals surface area (Å²) < 4.78 is 32.3. The van der Waals surface area contributed by atoms with Gasteiger partial charge in [-0.15, -0.1) is 0 Å². The van der Waals surface area contributed by atoms with Crippen molar-refractivity contribution in [2.75, 3.05) is 31.8 Å². The molecule has 4 rings (SSSR count). The number of hydrogen-bond donors (Lipinski definition) is 2. The molecule has 0 aliphatic carbocycles.